The van der Waals surface area contributed by atoms with Gasteiger partial charge < -0.3 is 24.4 Å². The summed E-state index contributed by atoms with van der Waals surface area (Å²) >= 11 is 0. The Morgan fingerprint density at radius 3 is 2.54 bits per heavy atom. The quantitative estimate of drug-likeness (QED) is 0.371. The number of benzene rings is 1. The lowest BCUT2D eigenvalue weighted by atomic mass is 9.85. The summed E-state index contributed by atoms with van der Waals surface area (Å²) in [5.74, 6) is -5.35. The number of pyridine rings is 1. The normalized spacial score (nSPS) is 28.7. The predicted molar refractivity (Wildman–Crippen MR) is 160 cm³/mol. The molecule has 2 fully saturated rings. The summed E-state index contributed by atoms with van der Waals surface area (Å²) in [5, 5.41) is 3.01. The van der Waals surface area contributed by atoms with E-state index in [1.807, 2.05) is 0 Å². The lowest BCUT2D eigenvalue weighted by molar-refractivity contribution is -0.141. The summed E-state index contributed by atoms with van der Waals surface area (Å²) in [6.45, 7) is 5.29. The molecule has 1 saturated heterocycles. The fourth-order valence-corrected chi connectivity index (χ4v) is 6.70. The Kier molecular flexibility index (Phi) is 9.43. The maximum absolute atomic E-state index is 16.0. The number of hydrogen-bond donors (Lipinski definition) is 1. The molecule has 3 aliphatic rings. The molecule has 6 atom stereocenters. The zero-order valence-electron chi connectivity index (χ0n) is 26.7. The van der Waals surface area contributed by atoms with Crippen molar-refractivity contribution in [1.29, 1.82) is 0 Å². The highest BCUT2D eigenvalue weighted by Crippen LogP contribution is 2.44. The van der Waals surface area contributed by atoms with Gasteiger partial charge in [-0.1, -0.05) is 34.1 Å². The zero-order chi connectivity index (χ0) is 33.6. The van der Waals surface area contributed by atoms with Crippen molar-refractivity contribution in [3.63, 3.8) is 0 Å². The molecule has 0 radical (unpaired) electrons. The van der Waals surface area contributed by atoms with Gasteiger partial charge in [-0.25, -0.2) is 18.6 Å². The van der Waals surface area contributed by atoms with Crippen LogP contribution in [0.15, 0.2) is 24.3 Å². The van der Waals surface area contributed by atoms with Crippen LogP contribution in [0, 0.1) is 17.3 Å². The van der Waals surface area contributed by atoms with Crippen LogP contribution in [0.4, 0.5) is 22.4 Å². The molecule has 1 saturated carbocycles. The third-order valence-electron chi connectivity index (χ3n) is 9.21. The van der Waals surface area contributed by atoms with Crippen molar-refractivity contribution in [3.8, 4) is 11.6 Å². The maximum Gasteiger partial charge on any atom is 0.408 e. The minimum Gasteiger partial charge on any atom is -0.472 e. The SMILES string of the molecule is CC[C@@H]1[C@@H]2CN(C(=O)[C@H](C(C)(C)C)NC(=O)O[C@@H]3C[C@H]3CCCCC(F)(F)c3cc4ccc(OC(F)F)cc4nc3O2)[C@@H]1C(C)=O. The molecule has 2 aromatic rings. The summed E-state index contributed by atoms with van der Waals surface area (Å²) in [6.07, 6.45) is -0.287. The highest BCUT2D eigenvalue weighted by atomic mass is 19.3. The number of halogens is 4. The predicted octanol–water partition coefficient (Wildman–Crippen LogP) is 6.60. The van der Waals surface area contributed by atoms with E-state index in [1.54, 1.807) is 27.7 Å². The van der Waals surface area contributed by atoms with E-state index in [4.69, 9.17) is 9.47 Å². The number of fused-ring (bicyclic) bond motifs is 5. The van der Waals surface area contributed by atoms with Gasteiger partial charge in [0.1, 0.15) is 24.0 Å². The molecule has 13 heteroatoms. The summed E-state index contributed by atoms with van der Waals surface area (Å²) in [4.78, 5) is 45.9. The van der Waals surface area contributed by atoms with E-state index in [0.29, 0.717) is 25.7 Å². The first-order valence-corrected chi connectivity index (χ1v) is 15.8. The number of carbonyl (C=O) groups is 3. The van der Waals surface area contributed by atoms with Gasteiger partial charge >= 0.3 is 12.7 Å². The number of ether oxygens (including phenoxy) is 3. The zero-order valence-corrected chi connectivity index (χ0v) is 26.7. The molecule has 0 unspecified atom stereocenters. The number of hydrogen-bond acceptors (Lipinski definition) is 7. The number of carbonyl (C=O) groups excluding carboxylic acids is 3. The van der Waals surface area contributed by atoms with Crippen LogP contribution >= 0.6 is 0 Å². The fraction of sp³-hybridized carbons (Fsp3) is 0.636. The van der Waals surface area contributed by atoms with Gasteiger partial charge in [-0.3, -0.25) is 9.59 Å². The molecular formula is C33H41F4N3O6. The second-order valence-corrected chi connectivity index (χ2v) is 13.7. The minimum absolute atomic E-state index is 0.0414. The molecule has 46 heavy (non-hydrogen) atoms. The topological polar surface area (TPSA) is 107 Å². The van der Waals surface area contributed by atoms with E-state index in [2.05, 4.69) is 15.0 Å². The van der Waals surface area contributed by atoms with Crippen molar-refractivity contribution in [2.24, 2.45) is 17.3 Å². The van der Waals surface area contributed by atoms with Gasteiger partial charge in [0.15, 0.2) is 5.78 Å². The third kappa shape index (κ3) is 7.17. The van der Waals surface area contributed by atoms with Crippen molar-refractivity contribution < 1.29 is 46.2 Å². The Hall–Kier alpha value is -3.64. The number of nitrogens with one attached hydrogen (secondary N) is 1. The summed E-state index contributed by atoms with van der Waals surface area (Å²) in [5.41, 5.74) is -1.13. The van der Waals surface area contributed by atoms with Crippen molar-refractivity contribution >= 4 is 28.7 Å². The molecule has 1 aromatic heterocycles. The number of aromatic nitrogens is 1. The van der Waals surface area contributed by atoms with Crippen LogP contribution in [-0.4, -0.2) is 65.1 Å². The first kappa shape index (κ1) is 33.7. The first-order valence-electron chi connectivity index (χ1n) is 15.8. The summed E-state index contributed by atoms with van der Waals surface area (Å²) in [6, 6.07) is 3.11. The van der Waals surface area contributed by atoms with Crippen LogP contribution in [0.2, 0.25) is 0 Å². The molecule has 0 spiro atoms. The molecule has 1 aromatic carbocycles. The van der Waals surface area contributed by atoms with Crippen molar-refractivity contribution in [2.75, 3.05) is 6.54 Å². The average Bonchev–Trinajstić information content (AvgIpc) is 3.58. The van der Waals surface area contributed by atoms with Gasteiger partial charge in [0.25, 0.3) is 5.92 Å². The number of alkyl carbamates (subject to hydrolysis) is 1. The number of Topliss-reactive ketones (excluding diaryl/α,β-unsaturated/α-hetero) is 1. The van der Waals surface area contributed by atoms with Crippen LogP contribution in [0.5, 0.6) is 11.6 Å². The van der Waals surface area contributed by atoms with Gasteiger partial charge in [0.2, 0.25) is 11.8 Å². The van der Waals surface area contributed by atoms with Crippen LogP contribution < -0.4 is 14.8 Å². The Balaban J connectivity index is 1.59. The van der Waals surface area contributed by atoms with E-state index >= 15 is 8.78 Å². The van der Waals surface area contributed by atoms with Crippen LogP contribution in [-0.2, 0) is 20.2 Å². The van der Waals surface area contributed by atoms with E-state index in [0.717, 1.165) is 0 Å². The highest BCUT2D eigenvalue weighted by Gasteiger charge is 2.51. The van der Waals surface area contributed by atoms with Gasteiger partial charge in [-0.2, -0.15) is 8.78 Å². The maximum atomic E-state index is 16.0. The Morgan fingerprint density at radius 1 is 1.15 bits per heavy atom. The van der Waals surface area contributed by atoms with Crippen LogP contribution in [0.3, 0.4) is 0 Å². The molecule has 9 nitrogen and oxygen atoms in total. The Bertz CT molecular complexity index is 1480. The van der Waals surface area contributed by atoms with Crippen molar-refractivity contribution in [2.45, 2.75) is 110 Å². The molecule has 2 aliphatic heterocycles. The molecule has 5 rings (SSSR count). The minimum atomic E-state index is -3.37. The number of alkyl halides is 4. The van der Waals surface area contributed by atoms with Crippen LogP contribution in [0.25, 0.3) is 10.9 Å². The van der Waals surface area contributed by atoms with E-state index in [9.17, 15) is 23.2 Å². The first-order chi connectivity index (χ1) is 21.6. The Morgan fingerprint density at radius 2 is 1.89 bits per heavy atom. The monoisotopic (exact) mass is 651 g/mol. The number of ketones is 1. The van der Waals surface area contributed by atoms with Crippen molar-refractivity contribution in [3.05, 3.63) is 29.8 Å². The summed E-state index contributed by atoms with van der Waals surface area (Å²) in [7, 11) is 0. The number of amides is 2. The van der Waals surface area contributed by atoms with Gasteiger partial charge in [0, 0.05) is 23.8 Å². The van der Waals surface area contributed by atoms with E-state index in [1.165, 1.54) is 36.1 Å². The van der Waals surface area contributed by atoms with Gasteiger partial charge in [0.05, 0.1) is 23.7 Å². The van der Waals surface area contributed by atoms with E-state index < -0.39 is 71.9 Å². The highest BCUT2D eigenvalue weighted by molar-refractivity contribution is 5.92. The molecular weight excluding hydrogens is 610 g/mol. The third-order valence-corrected chi connectivity index (χ3v) is 9.21. The molecule has 1 N–H and O–H groups in total. The molecule has 1 aliphatic carbocycles. The molecule has 3 heterocycles. The number of nitrogens with zero attached hydrogens (tertiary/aromatic N) is 2. The standard InChI is InChI=1S/C33H41F4N3O6/c1-6-21-25-16-40(26(21)17(2)41)29(42)27(32(3,4)5)39-31(43)46-24-14-19(24)9-7-8-12-33(36,37)22-13-18-10-11-20(44-30(34)35)15-23(18)38-28(22)45-25/h10-11,13,15,19,21,24-27,30H,6-9,12,14,16H2,1-5H3,(H,39,43)/t19-,21-,24-,25+,26-,27-/m1/s1. The summed E-state index contributed by atoms with van der Waals surface area (Å²) < 4.78 is 74.2. The van der Waals surface area contributed by atoms with Crippen molar-refractivity contribution in [1.82, 2.24) is 15.2 Å². The largest absolute Gasteiger partial charge is 0.472 e. The van der Waals surface area contributed by atoms with Gasteiger partial charge in [-0.15, -0.1) is 0 Å². The molecule has 2 bridgehead atoms. The Labute approximate surface area is 265 Å². The second kappa shape index (κ2) is 12.9. The fourth-order valence-electron chi connectivity index (χ4n) is 6.70. The van der Waals surface area contributed by atoms with E-state index in [-0.39, 0.29) is 47.4 Å². The smallest absolute Gasteiger partial charge is 0.408 e. The number of rotatable bonds is 4. The lowest BCUT2D eigenvalue weighted by Crippen LogP contribution is -2.57. The lowest BCUT2D eigenvalue weighted by Gasteiger charge is -2.35. The van der Waals surface area contributed by atoms with Crippen LogP contribution in [0.1, 0.15) is 78.7 Å². The molecule has 2 amide bonds. The second-order valence-electron chi connectivity index (χ2n) is 13.7. The average molecular weight is 652 g/mol. The van der Waals surface area contributed by atoms with Gasteiger partial charge in [-0.05, 0) is 62.1 Å². The molecule has 252 valence electrons.